The standard InChI is InChI=1S/C21H22Br2N4O6/c1-3-32-16-7-12(5-14(22)20(16)30)10-24-26-18(28)9-19(29)27-25-11-13-6-15(23)21(31)17(8-13)33-4-2/h5-8,10-11,30-31H,3-4,9H2,1-2H3,(H,26,28)(H,27,29)/b24-10-,25-11-. The number of rotatable bonds is 10. The second-order valence-electron chi connectivity index (χ2n) is 6.33. The van der Waals surface area contributed by atoms with Gasteiger partial charge in [0.1, 0.15) is 6.42 Å². The maximum Gasteiger partial charge on any atom is 0.249 e. The van der Waals surface area contributed by atoms with Gasteiger partial charge in [-0.1, -0.05) is 0 Å². The lowest BCUT2D eigenvalue weighted by Gasteiger charge is -2.08. The molecule has 0 spiro atoms. The summed E-state index contributed by atoms with van der Waals surface area (Å²) in [6.07, 6.45) is 2.19. The SMILES string of the molecule is CCOc1cc(/C=N\NC(=O)CC(=O)N/N=C\c2cc(Br)c(O)c(OCC)c2)cc(Br)c1O. The van der Waals surface area contributed by atoms with Crippen molar-refractivity contribution in [1.82, 2.24) is 10.9 Å². The van der Waals surface area contributed by atoms with Crippen LogP contribution in [0.25, 0.3) is 0 Å². The number of benzene rings is 2. The van der Waals surface area contributed by atoms with Gasteiger partial charge >= 0.3 is 0 Å². The van der Waals surface area contributed by atoms with E-state index in [-0.39, 0.29) is 23.0 Å². The predicted molar refractivity (Wildman–Crippen MR) is 130 cm³/mol. The zero-order chi connectivity index (χ0) is 24.4. The summed E-state index contributed by atoms with van der Waals surface area (Å²) in [7, 11) is 0. The third-order valence-electron chi connectivity index (χ3n) is 3.83. The Balaban J connectivity index is 1.88. The van der Waals surface area contributed by atoms with E-state index in [1.807, 2.05) is 0 Å². The summed E-state index contributed by atoms with van der Waals surface area (Å²) in [4.78, 5) is 23.8. The molecule has 0 saturated heterocycles. The van der Waals surface area contributed by atoms with Crippen LogP contribution in [0.15, 0.2) is 43.4 Å². The second kappa shape index (κ2) is 12.8. The summed E-state index contributed by atoms with van der Waals surface area (Å²) < 4.78 is 11.5. The highest BCUT2D eigenvalue weighted by Gasteiger charge is 2.11. The van der Waals surface area contributed by atoms with Crippen molar-refractivity contribution in [3.8, 4) is 23.0 Å². The molecule has 4 N–H and O–H groups in total. The van der Waals surface area contributed by atoms with E-state index in [1.54, 1.807) is 38.1 Å². The highest BCUT2D eigenvalue weighted by molar-refractivity contribution is 9.10. The number of phenolic OH excluding ortho intramolecular Hbond substituents is 2. The highest BCUT2D eigenvalue weighted by atomic mass is 79.9. The van der Waals surface area contributed by atoms with Gasteiger partial charge in [0.15, 0.2) is 23.0 Å². The van der Waals surface area contributed by atoms with Gasteiger partial charge in [0.05, 0.1) is 34.6 Å². The molecule has 0 aliphatic heterocycles. The minimum absolute atomic E-state index is 0.0379. The second-order valence-corrected chi connectivity index (χ2v) is 8.04. The molecule has 2 aromatic carbocycles. The van der Waals surface area contributed by atoms with Crippen molar-refractivity contribution in [3.63, 3.8) is 0 Å². The van der Waals surface area contributed by atoms with Crippen LogP contribution in [0.2, 0.25) is 0 Å². The Morgan fingerprint density at radius 1 is 0.848 bits per heavy atom. The average molecular weight is 586 g/mol. The minimum Gasteiger partial charge on any atom is -0.503 e. The third-order valence-corrected chi connectivity index (χ3v) is 5.04. The number of nitrogens with one attached hydrogen (secondary N) is 2. The molecule has 0 saturated carbocycles. The monoisotopic (exact) mass is 584 g/mol. The molecule has 0 unspecified atom stereocenters. The number of hydrogen-bond acceptors (Lipinski definition) is 8. The van der Waals surface area contributed by atoms with Crippen molar-refractivity contribution in [3.05, 3.63) is 44.3 Å². The fourth-order valence-electron chi connectivity index (χ4n) is 2.45. The number of phenols is 2. The first-order valence-corrected chi connectivity index (χ1v) is 11.3. The van der Waals surface area contributed by atoms with Crippen molar-refractivity contribution < 1.29 is 29.3 Å². The molecule has 2 rings (SSSR count). The van der Waals surface area contributed by atoms with Crippen LogP contribution in [-0.4, -0.2) is 47.7 Å². The molecule has 10 nitrogen and oxygen atoms in total. The van der Waals surface area contributed by atoms with Gasteiger partial charge in [-0.05, 0) is 81.1 Å². The summed E-state index contributed by atoms with van der Waals surface area (Å²) in [5.74, 6) is -0.828. The first-order chi connectivity index (χ1) is 15.7. The Labute approximate surface area is 206 Å². The molecule has 0 atom stereocenters. The number of amides is 2. The van der Waals surface area contributed by atoms with Crippen molar-refractivity contribution >= 4 is 56.1 Å². The van der Waals surface area contributed by atoms with Gasteiger partial charge in [-0.15, -0.1) is 0 Å². The zero-order valence-corrected chi connectivity index (χ0v) is 20.9. The van der Waals surface area contributed by atoms with Gasteiger partial charge in [0.2, 0.25) is 11.8 Å². The van der Waals surface area contributed by atoms with Crippen LogP contribution >= 0.6 is 31.9 Å². The van der Waals surface area contributed by atoms with Gasteiger partial charge in [-0.25, -0.2) is 10.9 Å². The smallest absolute Gasteiger partial charge is 0.249 e. The number of halogens is 2. The molecule has 0 bridgehead atoms. The maximum atomic E-state index is 11.9. The lowest BCUT2D eigenvalue weighted by Crippen LogP contribution is -2.27. The van der Waals surface area contributed by atoms with Gasteiger partial charge < -0.3 is 19.7 Å². The molecule has 0 aliphatic rings. The van der Waals surface area contributed by atoms with Crippen molar-refractivity contribution in [1.29, 1.82) is 0 Å². The molecule has 0 fully saturated rings. The van der Waals surface area contributed by atoms with Crippen LogP contribution in [0.5, 0.6) is 23.0 Å². The van der Waals surface area contributed by atoms with Crippen molar-refractivity contribution in [2.75, 3.05) is 13.2 Å². The number of hydrazone groups is 2. The van der Waals surface area contributed by atoms with E-state index < -0.39 is 18.2 Å². The molecular weight excluding hydrogens is 564 g/mol. The fourth-order valence-corrected chi connectivity index (χ4v) is 3.37. The zero-order valence-electron chi connectivity index (χ0n) is 17.8. The molecule has 0 aliphatic carbocycles. The van der Waals surface area contributed by atoms with E-state index in [1.165, 1.54) is 12.4 Å². The molecule has 12 heteroatoms. The topological polar surface area (TPSA) is 142 Å². The minimum atomic E-state index is -0.646. The molecular formula is C21H22Br2N4O6. The quantitative estimate of drug-likeness (QED) is 0.191. The first-order valence-electron chi connectivity index (χ1n) is 9.69. The number of nitrogens with zero attached hydrogens (tertiary/aromatic N) is 2. The Kier molecular flexibility index (Phi) is 10.1. The van der Waals surface area contributed by atoms with Crippen LogP contribution in [-0.2, 0) is 9.59 Å². The Morgan fingerprint density at radius 2 is 1.24 bits per heavy atom. The van der Waals surface area contributed by atoms with Crippen molar-refractivity contribution in [2.45, 2.75) is 20.3 Å². The first kappa shape index (κ1) is 26.1. The van der Waals surface area contributed by atoms with Crippen LogP contribution in [0, 0.1) is 0 Å². The van der Waals surface area contributed by atoms with Crippen LogP contribution in [0.1, 0.15) is 31.4 Å². The number of hydrogen-bond donors (Lipinski definition) is 4. The fraction of sp³-hybridized carbons (Fsp3) is 0.238. The number of carbonyl (C=O) groups excluding carboxylic acids is 2. The summed E-state index contributed by atoms with van der Waals surface area (Å²) in [6, 6.07) is 6.29. The lowest BCUT2D eigenvalue weighted by molar-refractivity contribution is -0.129. The Bertz CT molecular complexity index is 992. The van der Waals surface area contributed by atoms with Gasteiger partial charge in [-0.3, -0.25) is 9.59 Å². The average Bonchev–Trinajstić information content (AvgIpc) is 2.75. The predicted octanol–water partition coefficient (Wildman–Crippen LogP) is 3.41. The Hall–Kier alpha value is -3.12. The Morgan fingerprint density at radius 3 is 1.61 bits per heavy atom. The van der Waals surface area contributed by atoms with E-state index in [9.17, 15) is 19.8 Å². The molecule has 176 valence electrons. The largest absolute Gasteiger partial charge is 0.503 e. The van der Waals surface area contributed by atoms with Gasteiger partial charge in [0.25, 0.3) is 0 Å². The number of aromatic hydroxyl groups is 2. The summed E-state index contributed by atoms with van der Waals surface area (Å²) in [5.41, 5.74) is 5.60. The van der Waals surface area contributed by atoms with E-state index in [2.05, 4.69) is 52.9 Å². The molecule has 0 radical (unpaired) electrons. The van der Waals surface area contributed by atoms with E-state index in [4.69, 9.17) is 9.47 Å². The molecule has 2 amide bonds. The summed E-state index contributed by atoms with van der Waals surface area (Å²) in [5, 5.41) is 27.4. The maximum absolute atomic E-state index is 11.9. The lowest BCUT2D eigenvalue weighted by atomic mass is 10.2. The summed E-state index contributed by atoms with van der Waals surface area (Å²) in [6.45, 7) is 4.30. The van der Waals surface area contributed by atoms with Crippen molar-refractivity contribution in [2.24, 2.45) is 10.2 Å². The van der Waals surface area contributed by atoms with Gasteiger partial charge in [-0.2, -0.15) is 10.2 Å². The van der Waals surface area contributed by atoms with E-state index >= 15 is 0 Å². The third kappa shape index (κ3) is 8.06. The van der Waals surface area contributed by atoms with Gasteiger partial charge in [0, 0.05) is 0 Å². The normalized spacial score (nSPS) is 11.0. The highest BCUT2D eigenvalue weighted by Crippen LogP contribution is 2.35. The van der Waals surface area contributed by atoms with Crippen LogP contribution in [0.3, 0.4) is 0 Å². The summed E-state index contributed by atoms with van der Waals surface area (Å²) >= 11 is 6.43. The number of carbonyl (C=O) groups is 2. The molecule has 33 heavy (non-hydrogen) atoms. The van der Waals surface area contributed by atoms with Crippen LogP contribution < -0.4 is 20.3 Å². The van der Waals surface area contributed by atoms with Crippen LogP contribution in [0.4, 0.5) is 0 Å². The molecule has 0 aromatic heterocycles. The van der Waals surface area contributed by atoms with E-state index in [0.717, 1.165) is 0 Å². The molecule has 2 aromatic rings. The van der Waals surface area contributed by atoms with E-state index in [0.29, 0.717) is 33.3 Å². The molecule has 0 heterocycles. The number of ether oxygens (including phenoxy) is 2.